The van der Waals surface area contributed by atoms with Gasteiger partial charge in [-0.05, 0) is 30.7 Å². The van der Waals surface area contributed by atoms with Gasteiger partial charge in [-0.1, -0.05) is 36.4 Å². The molecule has 0 saturated carbocycles. The Labute approximate surface area is 147 Å². The van der Waals surface area contributed by atoms with Gasteiger partial charge in [0.05, 0.1) is 6.61 Å². The first-order chi connectivity index (χ1) is 12.2. The second-order valence-electron chi connectivity index (χ2n) is 5.24. The quantitative estimate of drug-likeness (QED) is 0.687. The second-order valence-corrected chi connectivity index (χ2v) is 5.24. The first kappa shape index (κ1) is 18.3. The number of nitrogens with one attached hydrogen (secondary N) is 2. The molecule has 0 unspecified atom stereocenters. The lowest BCUT2D eigenvalue weighted by Crippen LogP contribution is -2.36. The number of benzene rings is 2. The van der Waals surface area contributed by atoms with Gasteiger partial charge in [0.1, 0.15) is 11.5 Å². The normalized spacial score (nSPS) is 9.92. The number of carbonyl (C=O) groups excluding carboxylic acids is 2. The smallest absolute Gasteiger partial charge is 0.412 e. The van der Waals surface area contributed by atoms with Crippen molar-refractivity contribution in [3.05, 3.63) is 60.7 Å². The first-order valence-corrected chi connectivity index (χ1v) is 8.19. The number of hydrogen-bond donors (Lipinski definition) is 2. The van der Waals surface area contributed by atoms with E-state index in [1.807, 2.05) is 36.4 Å². The molecular weight excluding hydrogens is 320 g/mol. The summed E-state index contributed by atoms with van der Waals surface area (Å²) in [5.41, 5.74) is 0. The van der Waals surface area contributed by atoms with Crippen molar-refractivity contribution in [3.8, 4) is 11.5 Å². The predicted molar refractivity (Wildman–Crippen MR) is 94.6 cm³/mol. The Hall–Kier alpha value is -3.02. The fraction of sp³-hybridized carbons (Fsp3) is 0.263. The van der Waals surface area contributed by atoms with Gasteiger partial charge < -0.3 is 20.1 Å². The van der Waals surface area contributed by atoms with Crippen LogP contribution in [-0.2, 0) is 4.79 Å². The molecule has 0 atom stereocenters. The van der Waals surface area contributed by atoms with Gasteiger partial charge in [-0.2, -0.15) is 0 Å². The summed E-state index contributed by atoms with van der Waals surface area (Å²) < 4.78 is 10.6. The maximum absolute atomic E-state index is 11.7. The van der Waals surface area contributed by atoms with E-state index in [1.165, 1.54) is 0 Å². The molecule has 0 radical (unpaired) electrons. The van der Waals surface area contributed by atoms with Crippen LogP contribution in [0.5, 0.6) is 11.5 Å². The Morgan fingerprint density at radius 3 is 2.08 bits per heavy atom. The molecule has 6 heteroatoms. The van der Waals surface area contributed by atoms with E-state index in [0.717, 1.165) is 5.75 Å². The monoisotopic (exact) mass is 342 g/mol. The second kappa shape index (κ2) is 10.7. The summed E-state index contributed by atoms with van der Waals surface area (Å²) >= 11 is 0. The van der Waals surface area contributed by atoms with Crippen LogP contribution in [0, 0.1) is 0 Å². The van der Waals surface area contributed by atoms with Crippen LogP contribution in [0.4, 0.5) is 4.79 Å². The van der Waals surface area contributed by atoms with Crippen LogP contribution >= 0.6 is 0 Å². The SMILES string of the molecule is O=C(CCCOc1ccccc1)NCCNC(=O)Oc1ccccc1. The summed E-state index contributed by atoms with van der Waals surface area (Å²) in [5, 5.41) is 5.31. The van der Waals surface area contributed by atoms with Crippen molar-refractivity contribution in [2.75, 3.05) is 19.7 Å². The number of para-hydroxylation sites is 2. The van der Waals surface area contributed by atoms with E-state index in [0.29, 0.717) is 38.3 Å². The van der Waals surface area contributed by atoms with Crippen molar-refractivity contribution in [2.45, 2.75) is 12.8 Å². The van der Waals surface area contributed by atoms with E-state index in [4.69, 9.17) is 9.47 Å². The Morgan fingerprint density at radius 2 is 1.40 bits per heavy atom. The average Bonchev–Trinajstić information content (AvgIpc) is 2.64. The summed E-state index contributed by atoms with van der Waals surface area (Å²) in [5.74, 6) is 1.20. The van der Waals surface area contributed by atoms with Crippen LogP contribution in [0.1, 0.15) is 12.8 Å². The van der Waals surface area contributed by atoms with Crippen molar-refractivity contribution in [2.24, 2.45) is 0 Å². The number of amides is 2. The summed E-state index contributed by atoms with van der Waals surface area (Å²) in [7, 11) is 0. The van der Waals surface area contributed by atoms with Gasteiger partial charge in [-0.15, -0.1) is 0 Å². The van der Waals surface area contributed by atoms with Gasteiger partial charge in [0.25, 0.3) is 0 Å². The van der Waals surface area contributed by atoms with Crippen molar-refractivity contribution in [3.63, 3.8) is 0 Å². The van der Waals surface area contributed by atoms with E-state index >= 15 is 0 Å². The molecule has 0 spiro atoms. The van der Waals surface area contributed by atoms with Crippen molar-refractivity contribution < 1.29 is 19.1 Å². The van der Waals surface area contributed by atoms with Crippen LogP contribution in [0.2, 0.25) is 0 Å². The molecular formula is C19H22N2O4. The van der Waals surface area contributed by atoms with Crippen LogP contribution < -0.4 is 20.1 Å². The van der Waals surface area contributed by atoms with Gasteiger partial charge in [0.15, 0.2) is 0 Å². The fourth-order valence-corrected chi connectivity index (χ4v) is 2.03. The van der Waals surface area contributed by atoms with Crippen LogP contribution in [0.15, 0.2) is 60.7 Å². The topological polar surface area (TPSA) is 76.7 Å². The van der Waals surface area contributed by atoms with Crippen LogP contribution in [0.25, 0.3) is 0 Å². The molecule has 25 heavy (non-hydrogen) atoms. The predicted octanol–water partition coefficient (Wildman–Crippen LogP) is 2.75. The summed E-state index contributed by atoms with van der Waals surface area (Å²) in [6, 6.07) is 18.3. The van der Waals surface area contributed by atoms with Crippen LogP contribution in [0.3, 0.4) is 0 Å². The lowest BCUT2D eigenvalue weighted by Gasteiger charge is -2.08. The average molecular weight is 342 g/mol. The zero-order valence-corrected chi connectivity index (χ0v) is 13.9. The summed E-state index contributed by atoms with van der Waals surface area (Å²) in [4.78, 5) is 23.2. The molecule has 0 aromatic heterocycles. The lowest BCUT2D eigenvalue weighted by atomic mass is 10.3. The Kier molecular flexibility index (Phi) is 7.84. The van der Waals surface area contributed by atoms with Gasteiger partial charge >= 0.3 is 6.09 Å². The molecule has 2 amide bonds. The molecule has 0 aliphatic heterocycles. The largest absolute Gasteiger partial charge is 0.494 e. The van der Waals surface area contributed by atoms with Gasteiger partial charge in [-0.25, -0.2) is 4.79 Å². The van der Waals surface area contributed by atoms with E-state index in [9.17, 15) is 9.59 Å². The number of hydrogen-bond acceptors (Lipinski definition) is 4. The lowest BCUT2D eigenvalue weighted by molar-refractivity contribution is -0.121. The Bertz CT molecular complexity index is 647. The highest BCUT2D eigenvalue weighted by molar-refractivity contribution is 5.76. The minimum atomic E-state index is -0.545. The van der Waals surface area contributed by atoms with E-state index in [-0.39, 0.29) is 5.91 Å². The molecule has 6 nitrogen and oxygen atoms in total. The molecule has 0 aliphatic carbocycles. The molecule has 0 heterocycles. The molecule has 2 aromatic rings. The highest BCUT2D eigenvalue weighted by Gasteiger charge is 2.04. The molecule has 2 N–H and O–H groups in total. The highest BCUT2D eigenvalue weighted by Crippen LogP contribution is 2.09. The van der Waals surface area contributed by atoms with E-state index in [1.54, 1.807) is 24.3 Å². The fourth-order valence-electron chi connectivity index (χ4n) is 2.03. The molecule has 0 aliphatic rings. The van der Waals surface area contributed by atoms with E-state index < -0.39 is 6.09 Å². The van der Waals surface area contributed by atoms with Crippen molar-refractivity contribution in [1.82, 2.24) is 10.6 Å². The number of rotatable bonds is 9. The Balaban J connectivity index is 1.48. The third-order valence-corrected chi connectivity index (χ3v) is 3.23. The maximum atomic E-state index is 11.7. The molecule has 0 bridgehead atoms. The zero-order chi connectivity index (χ0) is 17.7. The summed E-state index contributed by atoms with van der Waals surface area (Å²) in [6.07, 6.45) is 0.461. The van der Waals surface area contributed by atoms with Gasteiger partial charge in [0.2, 0.25) is 5.91 Å². The number of ether oxygens (including phenoxy) is 2. The minimum Gasteiger partial charge on any atom is -0.494 e. The molecule has 2 rings (SSSR count). The van der Waals surface area contributed by atoms with Gasteiger partial charge in [0, 0.05) is 19.5 Å². The third kappa shape index (κ3) is 7.87. The summed E-state index contributed by atoms with van der Waals surface area (Å²) in [6.45, 7) is 1.14. The molecule has 2 aromatic carbocycles. The first-order valence-electron chi connectivity index (χ1n) is 8.19. The van der Waals surface area contributed by atoms with Crippen LogP contribution in [-0.4, -0.2) is 31.7 Å². The standard InChI is InChI=1S/C19H22N2O4/c22-18(12-7-15-24-16-8-3-1-4-9-16)20-13-14-21-19(23)25-17-10-5-2-6-11-17/h1-6,8-11H,7,12-15H2,(H,20,22)(H,21,23). The molecule has 0 saturated heterocycles. The maximum Gasteiger partial charge on any atom is 0.412 e. The molecule has 132 valence electrons. The Morgan fingerprint density at radius 1 is 0.800 bits per heavy atom. The third-order valence-electron chi connectivity index (χ3n) is 3.23. The van der Waals surface area contributed by atoms with Crippen molar-refractivity contribution >= 4 is 12.0 Å². The van der Waals surface area contributed by atoms with Crippen molar-refractivity contribution in [1.29, 1.82) is 0 Å². The molecule has 0 fully saturated rings. The highest BCUT2D eigenvalue weighted by atomic mass is 16.6. The van der Waals surface area contributed by atoms with Gasteiger partial charge in [-0.3, -0.25) is 4.79 Å². The zero-order valence-electron chi connectivity index (χ0n) is 13.9. The van der Waals surface area contributed by atoms with E-state index in [2.05, 4.69) is 10.6 Å². The minimum absolute atomic E-state index is 0.0742. The number of carbonyl (C=O) groups is 2.